The SMILES string of the molecule is O=C(O)C1C=C2C=CC3(C=C2O1)CC3. The van der Waals surface area contributed by atoms with Gasteiger partial charge in [0.05, 0.1) is 0 Å². The third kappa shape index (κ3) is 1.02. The van der Waals surface area contributed by atoms with E-state index in [9.17, 15) is 4.79 Å². The molecule has 2 aliphatic carbocycles. The molecule has 3 rings (SSSR count). The van der Waals surface area contributed by atoms with E-state index < -0.39 is 12.1 Å². The molecule has 1 saturated carbocycles. The van der Waals surface area contributed by atoms with E-state index in [1.807, 2.05) is 6.08 Å². The fourth-order valence-electron chi connectivity index (χ4n) is 1.88. The molecule has 1 N–H and O–H groups in total. The molecular formula is C11H10O3. The predicted molar refractivity (Wildman–Crippen MR) is 49.5 cm³/mol. The molecule has 72 valence electrons. The molecule has 0 aromatic heterocycles. The average molecular weight is 190 g/mol. The first-order valence-corrected chi connectivity index (χ1v) is 4.72. The number of carboxylic acid groups (broad SMARTS) is 1. The Morgan fingerprint density at radius 1 is 1.57 bits per heavy atom. The molecule has 1 atom stereocenters. The lowest BCUT2D eigenvalue weighted by molar-refractivity contribution is -0.144. The number of rotatable bonds is 1. The Kier molecular flexibility index (Phi) is 1.29. The smallest absolute Gasteiger partial charge is 0.349 e. The summed E-state index contributed by atoms with van der Waals surface area (Å²) in [7, 11) is 0. The van der Waals surface area contributed by atoms with Gasteiger partial charge in [0.15, 0.2) is 0 Å². The van der Waals surface area contributed by atoms with Crippen molar-refractivity contribution in [1.29, 1.82) is 0 Å². The van der Waals surface area contributed by atoms with E-state index in [2.05, 4.69) is 12.2 Å². The molecule has 3 aliphatic rings. The minimum atomic E-state index is -0.925. The van der Waals surface area contributed by atoms with Crippen LogP contribution in [-0.4, -0.2) is 17.2 Å². The Bertz CT molecular complexity index is 397. The highest BCUT2D eigenvalue weighted by Gasteiger charge is 2.42. The molecule has 0 amide bonds. The number of hydrogen-bond donors (Lipinski definition) is 1. The van der Waals surface area contributed by atoms with Gasteiger partial charge in [-0.25, -0.2) is 4.79 Å². The zero-order valence-corrected chi connectivity index (χ0v) is 7.56. The first kappa shape index (κ1) is 7.85. The van der Waals surface area contributed by atoms with Crippen molar-refractivity contribution in [3.05, 3.63) is 35.6 Å². The standard InChI is InChI=1S/C11H10O3/c12-10(13)8-5-7-1-2-11(3-4-11)6-9(7)14-8/h1-2,5-6,8H,3-4H2,(H,12,13). The van der Waals surface area contributed by atoms with Crippen LogP contribution in [0.5, 0.6) is 0 Å². The van der Waals surface area contributed by atoms with Crippen LogP contribution in [0.3, 0.4) is 0 Å². The zero-order chi connectivity index (χ0) is 9.76. The molecular weight excluding hydrogens is 180 g/mol. The van der Waals surface area contributed by atoms with E-state index >= 15 is 0 Å². The van der Waals surface area contributed by atoms with E-state index in [0.717, 1.165) is 24.2 Å². The van der Waals surface area contributed by atoms with Gasteiger partial charge in [0, 0.05) is 11.0 Å². The molecule has 1 heterocycles. The van der Waals surface area contributed by atoms with Crippen molar-refractivity contribution in [2.24, 2.45) is 5.41 Å². The van der Waals surface area contributed by atoms with E-state index in [1.54, 1.807) is 6.08 Å². The van der Waals surface area contributed by atoms with Gasteiger partial charge in [-0.1, -0.05) is 12.2 Å². The maximum atomic E-state index is 10.7. The first-order chi connectivity index (χ1) is 6.69. The summed E-state index contributed by atoms with van der Waals surface area (Å²) < 4.78 is 5.32. The summed E-state index contributed by atoms with van der Waals surface area (Å²) in [6, 6.07) is 0. The van der Waals surface area contributed by atoms with Crippen LogP contribution in [-0.2, 0) is 9.53 Å². The van der Waals surface area contributed by atoms with Crippen molar-refractivity contribution < 1.29 is 14.6 Å². The highest BCUT2D eigenvalue weighted by molar-refractivity contribution is 5.77. The van der Waals surface area contributed by atoms with Crippen LogP contribution in [0.2, 0.25) is 0 Å². The molecule has 0 aromatic carbocycles. The Labute approximate surface area is 81.4 Å². The molecule has 3 nitrogen and oxygen atoms in total. The number of allylic oxidation sites excluding steroid dienone is 3. The van der Waals surface area contributed by atoms with Gasteiger partial charge in [0.1, 0.15) is 5.76 Å². The molecule has 0 bridgehead atoms. The lowest BCUT2D eigenvalue weighted by Gasteiger charge is -2.13. The van der Waals surface area contributed by atoms with Crippen LogP contribution in [0.1, 0.15) is 12.8 Å². The molecule has 0 radical (unpaired) electrons. The Morgan fingerprint density at radius 2 is 2.36 bits per heavy atom. The lowest BCUT2D eigenvalue weighted by atomic mass is 9.97. The minimum Gasteiger partial charge on any atom is -0.478 e. The summed E-state index contributed by atoms with van der Waals surface area (Å²) in [5.74, 6) is -0.177. The van der Waals surface area contributed by atoms with Gasteiger partial charge in [-0.3, -0.25) is 0 Å². The highest BCUT2D eigenvalue weighted by atomic mass is 16.5. The minimum absolute atomic E-state index is 0.195. The molecule has 1 unspecified atom stereocenters. The molecule has 14 heavy (non-hydrogen) atoms. The van der Waals surface area contributed by atoms with Crippen LogP contribution < -0.4 is 0 Å². The zero-order valence-electron chi connectivity index (χ0n) is 7.56. The van der Waals surface area contributed by atoms with Crippen molar-refractivity contribution in [1.82, 2.24) is 0 Å². The van der Waals surface area contributed by atoms with Crippen molar-refractivity contribution in [2.45, 2.75) is 18.9 Å². The Hall–Kier alpha value is -1.51. The number of aliphatic carboxylic acids is 1. The molecule has 1 aliphatic heterocycles. The molecule has 3 heteroatoms. The van der Waals surface area contributed by atoms with E-state index in [0.29, 0.717) is 0 Å². The quantitative estimate of drug-likeness (QED) is 0.683. The second kappa shape index (κ2) is 2.29. The Balaban J connectivity index is 1.94. The van der Waals surface area contributed by atoms with E-state index in [1.165, 1.54) is 0 Å². The summed E-state index contributed by atoms with van der Waals surface area (Å²) in [5, 5.41) is 8.79. The fraction of sp³-hybridized carbons (Fsp3) is 0.364. The summed E-state index contributed by atoms with van der Waals surface area (Å²) in [4.78, 5) is 10.7. The lowest BCUT2D eigenvalue weighted by Crippen LogP contribution is -2.17. The number of hydrogen-bond acceptors (Lipinski definition) is 2. The summed E-state index contributed by atoms with van der Waals surface area (Å²) >= 11 is 0. The van der Waals surface area contributed by atoms with Gasteiger partial charge in [0.25, 0.3) is 0 Å². The molecule has 0 saturated heterocycles. The molecule has 1 fully saturated rings. The second-order valence-corrected chi connectivity index (χ2v) is 4.07. The van der Waals surface area contributed by atoms with Gasteiger partial charge in [-0.15, -0.1) is 0 Å². The van der Waals surface area contributed by atoms with Crippen molar-refractivity contribution in [3.8, 4) is 0 Å². The van der Waals surface area contributed by atoms with Gasteiger partial charge < -0.3 is 9.84 Å². The fourth-order valence-corrected chi connectivity index (χ4v) is 1.88. The molecule has 0 aromatic rings. The maximum absolute atomic E-state index is 10.7. The third-order valence-electron chi connectivity index (χ3n) is 2.95. The van der Waals surface area contributed by atoms with Crippen LogP contribution in [0.4, 0.5) is 0 Å². The predicted octanol–water partition coefficient (Wildman–Crippen LogP) is 1.63. The number of carbonyl (C=O) groups is 1. The number of fused-ring (bicyclic) bond motifs is 1. The summed E-state index contributed by atoms with van der Waals surface area (Å²) in [6.45, 7) is 0. The van der Waals surface area contributed by atoms with Crippen molar-refractivity contribution in [3.63, 3.8) is 0 Å². The normalized spacial score (nSPS) is 30.4. The van der Waals surface area contributed by atoms with Gasteiger partial charge in [0.2, 0.25) is 6.10 Å². The van der Waals surface area contributed by atoms with Crippen LogP contribution in [0, 0.1) is 5.41 Å². The van der Waals surface area contributed by atoms with Crippen LogP contribution in [0.25, 0.3) is 0 Å². The van der Waals surface area contributed by atoms with Crippen molar-refractivity contribution >= 4 is 5.97 Å². The first-order valence-electron chi connectivity index (χ1n) is 4.72. The third-order valence-corrected chi connectivity index (χ3v) is 2.95. The summed E-state index contributed by atoms with van der Waals surface area (Å²) in [5.41, 5.74) is 1.11. The van der Waals surface area contributed by atoms with Crippen LogP contribution in [0.15, 0.2) is 35.6 Å². The average Bonchev–Trinajstić information content (AvgIpc) is 2.76. The number of carboxylic acids is 1. The van der Waals surface area contributed by atoms with Gasteiger partial charge in [-0.2, -0.15) is 0 Å². The largest absolute Gasteiger partial charge is 0.478 e. The summed E-state index contributed by atoms with van der Waals surface area (Å²) in [6.07, 6.45) is 9.35. The monoisotopic (exact) mass is 190 g/mol. The topological polar surface area (TPSA) is 46.5 Å². The second-order valence-electron chi connectivity index (χ2n) is 4.07. The van der Waals surface area contributed by atoms with Crippen LogP contribution >= 0.6 is 0 Å². The van der Waals surface area contributed by atoms with Crippen molar-refractivity contribution in [2.75, 3.05) is 0 Å². The van der Waals surface area contributed by atoms with Gasteiger partial charge in [-0.05, 0) is 25.0 Å². The highest BCUT2D eigenvalue weighted by Crippen LogP contribution is 2.52. The number of ether oxygens (including phenoxy) is 1. The van der Waals surface area contributed by atoms with E-state index in [4.69, 9.17) is 9.84 Å². The molecule has 1 spiro atoms. The Morgan fingerprint density at radius 3 is 3.00 bits per heavy atom. The maximum Gasteiger partial charge on any atom is 0.349 e. The van der Waals surface area contributed by atoms with Gasteiger partial charge >= 0.3 is 5.97 Å². The van der Waals surface area contributed by atoms with E-state index in [-0.39, 0.29) is 5.41 Å².